The molecule has 0 saturated carbocycles. The summed E-state index contributed by atoms with van der Waals surface area (Å²) >= 11 is 0. The van der Waals surface area contributed by atoms with Gasteiger partial charge in [0.15, 0.2) is 0 Å². The molecule has 31 heavy (non-hydrogen) atoms. The van der Waals surface area contributed by atoms with E-state index in [1.165, 1.54) is 7.11 Å². The van der Waals surface area contributed by atoms with Crippen molar-refractivity contribution < 1.29 is 23.8 Å². The number of imide groups is 1. The quantitative estimate of drug-likeness (QED) is 0.634. The van der Waals surface area contributed by atoms with Crippen molar-refractivity contribution in [2.75, 3.05) is 13.7 Å². The summed E-state index contributed by atoms with van der Waals surface area (Å²) in [6.45, 7) is 5.93. The summed E-state index contributed by atoms with van der Waals surface area (Å²) in [5.74, 6) is 0.854. The molecule has 0 aromatic heterocycles. The van der Waals surface area contributed by atoms with E-state index < -0.39 is 18.0 Å². The fourth-order valence-corrected chi connectivity index (χ4v) is 2.75. The molecule has 0 aliphatic rings. The molecular formula is C23H27N3O5. The third-order valence-corrected chi connectivity index (χ3v) is 4.37. The number of carbonyl (C=O) groups excluding carboxylic acids is 2. The van der Waals surface area contributed by atoms with Gasteiger partial charge in [-0.05, 0) is 49.2 Å². The van der Waals surface area contributed by atoms with Crippen LogP contribution in [0.1, 0.15) is 26.3 Å². The number of benzene rings is 2. The van der Waals surface area contributed by atoms with Gasteiger partial charge >= 0.3 is 6.09 Å². The molecule has 2 N–H and O–H groups in total. The minimum atomic E-state index is -0.868. The fraction of sp³-hybridized carbons (Fsp3) is 0.348. The van der Waals surface area contributed by atoms with Crippen LogP contribution in [0.2, 0.25) is 0 Å². The van der Waals surface area contributed by atoms with Crippen LogP contribution in [0, 0.1) is 17.2 Å². The molecule has 0 fully saturated rings. The zero-order valence-electron chi connectivity index (χ0n) is 18.0. The fourth-order valence-electron chi connectivity index (χ4n) is 2.75. The molecule has 2 aromatic rings. The van der Waals surface area contributed by atoms with Crippen molar-refractivity contribution >= 4 is 12.0 Å². The van der Waals surface area contributed by atoms with Gasteiger partial charge in [0.1, 0.15) is 23.9 Å². The highest BCUT2D eigenvalue weighted by atomic mass is 16.6. The van der Waals surface area contributed by atoms with Crippen molar-refractivity contribution in [1.29, 1.82) is 5.26 Å². The average molecular weight is 425 g/mol. The van der Waals surface area contributed by atoms with Crippen LogP contribution in [0.15, 0.2) is 48.5 Å². The van der Waals surface area contributed by atoms with Crippen LogP contribution in [-0.4, -0.2) is 37.8 Å². The third kappa shape index (κ3) is 7.64. The van der Waals surface area contributed by atoms with Crippen LogP contribution in [0.3, 0.4) is 0 Å². The predicted octanol–water partition coefficient (Wildman–Crippen LogP) is 3.26. The molecule has 0 heterocycles. The zero-order chi connectivity index (χ0) is 22.8. The maximum Gasteiger partial charge on any atom is 0.419 e. The molecule has 2 rings (SSSR count). The second kappa shape index (κ2) is 11.6. The van der Waals surface area contributed by atoms with Crippen LogP contribution in [-0.2, 0) is 4.79 Å². The van der Waals surface area contributed by atoms with E-state index in [4.69, 9.17) is 19.5 Å². The number of nitriles is 1. The summed E-state index contributed by atoms with van der Waals surface area (Å²) in [6, 6.07) is 14.6. The minimum absolute atomic E-state index is 0.0815. The van der Waals surface area contributed by atoms with Gasteiger partial charge in [0.25, 0.3) is 0 Å². The predicted molar refractivity (Wildman–Crippen MR) is 115 cm³/mol. The highest BCUT2D eigenvalue weighted by Gasteiger charge is 2.26. The Bertz CT molecular complexity index is 922. The third-order valence-electron chi connectivity index (χ3n) is 4.37. The highest BCUT2D eigenvalue weighted by Crippen LogP contribution is 2.19. The second-order valence-electron chi connectivity index (χ2n) is 7.29. The molecule has 0 aliphatic heterocycles. The molecule has 0 aliphatic carbocycles. The Morgan fingerprint density at radius 3 is 2.32 bits per heavy atom. The molecule has 0 bridgehead atoms. The Morgan fingerprint density at radius 1 is 1.03 bits per heavy atom. The lowest BCUT2D eigenvalue weighted by molar-refractivity contribution is -0.123. The van der Waals surface area contributed by atoms with Crippen LogP contribution >= 0.6 is 0 Å². The summed E-state index contributed by atoms with van der Waals surface area (Å²) < 4.78 is 15.9. The first-order valence-electron chi connectivity index (χ1n) is 9.88. The Hall–Kier alpha value is -3.57. The van der Waals surface area contributed by atoms with Crippen molar-refractivity contribution in [2.24, 2.45) is 5.92 Å². The first-order valence-corrected chi connectivity index (χ1v) is 9.88. The van der Waals surface area contributed by atoms with Crippen molar-refractivity contribution in [2.45, 2.75) is 32.9 Å². The van der Waals surface area contributed by atoms with E-state index in [0.29, 0.717) is 23.7 Å². The molecule has 8 nitrogen and oxygen atoms in total. The van der Waals surface area contributed by atoms with Gasteiger partial charge in [0.2, 0.25) is 5.91 Å². The Kier molecular flexibility index (Phi) is 8.85. The summed E-state index contributed by atoms with van der Waals surface area (Å²) in [4.78, 5) is 24.7. The normalized spacial score (nSPS) is 12.4. The Balaban J connectivity index is 1.88. The lowest BCUT2D eigenvalue weighted by atomic mass is 10.0. The van der Waals surface area contributed by atoms with Gasteiger partial charge in [-0.1, -0.05) is 19.9 Å². The SMILES string of the molecule is COc1cccc(OC(=O)NC(=O)[C@@H](NC(C)COc2ccc(C#N)cc2)C(C)C)c1. The highest BCUT2D eigenvalue weighted by molar-refractivity contribution is 5.95. The zero-order valence-corrected chi connectivity index (χ0v) is 18.0. The number of hydrogen-bond donors (Lipinski definition) is 2. The van der Waals surface area contributed by atoms with Gasteiger partial charge in [-0.3, -0.25) is 15.4 Å². The lowest BCUT2D eigenvalue weighted by Crippen LogP contribution is -2.53. The van der Waals surface area contributed by atoms with Crippen LogP contribution < -0.4 is 24.8 Å². The van der Waals surface area contributed by atoms with Crippen molar-refractivity contribution in [3.63, 3.8) is 0 Å². The van der Waals surface area contributed by atoms with Gasteiger partial charge in [-0.25, -0.2) is 4.79 Å². The van der Waals surface area contributed by atoms with E-state index in [0.717, 1.165) is 0 Å². The lowest BCUT2D eigenvalue weighted by Gasteiger charge is -2.25. The number of methoxy groups -OCH3 is 1. The summed E-state index contributed by atoms with van der Waals surface area (Å²) in [7, 11) is 1.51. The molecular weight excluding hydrogens is 398 g/mol. The number of amides is 2. The molecule has 2 aromatic carbocycles. The summed E-state index contributed by atoms with van der Waals surface area (Å²) in [6.07, 6.45) is -0.868. The molecule has 0 radical (unpaired) electrons. The molecule has 1 unspecified atom stereocenters. The maximum atomic E-state index is 12.6. The molecule has 0 saturated heterocycles. The van der Waals surface area contributed by atoms with E-state index >= 15 is 0 Å². The number of rotatable bonds is 9. The van der Waals surface area contributed by atoms with Crippen LogP contribution in [0.4, 0.5) is 4.79 Å². The monoisotopic (exact) mass is 425 g/mol. The number of ether oxygens (including phenoxy) is 3. The van der Waals surface area contributed by atoms with Gasteiger partial charge < -0.3 is 14.2 Å². The average Bonchev–Trinajstić information content (AvgIpc) is 2.76. The van der Waals surface area contributed by atoms with Gasteiger partial charge in [0.05, 0.1) is 24.8 Å². The summed E-state index contributed by atoms with van der Waals surface area (Å²) in [5.41, 5.74) is 0.552. The van der Waals surface area contributed by atoms with Gasteiger partial charge in [-0.15, -0.1) is 0 Å². The smallest absolute Gasteiger partial charge is 0.419 e. The van der Waals surface area contributed by atoms with E-state index in [9.17, 15) is 9.59 Å². The minimum Gasteiger partial charge on any atom is -0.497 e. The van der Waals surface area contributed by atoms with E-state index in [-0.39, 0.29) is 17.7 Å². The Labute approximate surface area is 182 Å². The van der Waals surface area contributed by atoms with E-state index in [1.54, 1.807) is 48.5 Å². The largest absolute Gasteiger partial charge is 0.497 e. The molecule has 0 spiro atoms. The first kappa shape index (κ1) is 23.7. The summed E-state index contributed by atoms with van der Waals surface area (Å²) in [5, 5.41) is 14.3. The molecule has 2 atom stereocenters. The van der Waals surface area contributed by atoms with Crippen molar-refractivity contribution in [3.05, 3.63) is 54.1 Å². The van der Waals surface area contributed by atoms with Gasteiger partial charge in [-0.2, -0.15) is 5.26 Å². The van der Waals surface area contributed by atoms with E-state index in [2.05, 4.69) is 16.7 Å². The molecule has 164 valence electrons. The number of nitrogens with zero attached hydrogens (tertiary/aromatic N) is 1. The van der Waals surface area contributed by atoms with Crippen molar-refractivity contribution in [3.8, 4) is 23.3 Å². The Morgan fingerprint density at radius 2 is 1.71 bits per heavy atom. The second-order valence-corrected chi connectivity index (χ2v) is 7.29. The number of hydrogen-bond acceptors (Lipinski definition) is 7. The number of nitrogens with one attached hydrogen (secondary N) is 2. The maximum absolute atomic E-state index is 12.6. The molecule has 8 heteroatoms. The first-order chi connectivity index (χ1) is 14.8. The van der Waals surface area contributed by atoms with Crippen LogP contribution in [0.5, 0.6) is 17.2 Å². The van der Waals surface area contributed by atoms with Crippen molar-refractivity contribution in [1.82, 2.24) is 10.6 Å². The van der Waals surface area contributed by atoms with Crippen LogP contribution in [0.25, 0.3) is 0 Å². The van der Waals surface area contributed by atoms with E-state index in [1.807, 2.05) is 20.8 Å². The number of carbonyl (C=O) groups is 2. The molecule has 2 amide bonds. The standard InChI is InChI=1S/C23H27N3O5/c1-15(2)21(25-16(3)14-30-18-10-8-17(13-24)9-11-18)22(27)26-23(28)31-20-7-5-6-19(12-20)29-4/h5-12,15-16,21,25H,14H2,1-4H3,(H,26,27,28)/t16?,21-/m0/s1. The van der Waals surface area contributed by atoms with Gasteiger partial charge in [0, 0.05) is 12.1 Å². The topological polar surface area (TPSA) is 110 Å².